The van der Waals surface area contributed by atoms with Gasteiger partial charge in [-0.15, -0.1) is 0 Å². The summed E-state index contributed by atoms with van der Waals surface area (Å²) in [5.74, 6) is 0.161. The molecule has 0 aromatic heterocycles. The van der Waals surface area contributed by atoms with Gasteiger partial charge >= 0.3 is 0 Å². The van der Waals surface area contributed by atoms with Crippen molar-refractivity contribution in [3.8, 4) is 11.5 Å². The first kappa shape index (κ1) is 19.2. The third-order valence-corrected chi connectivity index (χ3v) is 5.19. The Bertz CT molecular complexity index is 881. The minimum Gasteiger partial charge on any atom is -0.484 e. The number of hydrogen-bond donors (Lipinski definition) is 0. The minimum absolute atomic E-state index is 0.0866. The van der Waals surface area contributed by atoms with E-state index in [2.05, 4.69) is 0 Å². The van der Waals surface area contributed by atoms with E-state index in [0.29, 0.717) is 17.2 Å². The van der Waals surface area contributed by atoms with Gasteiger partial charge in [-0.1, -0.05) is 12.1 Å². The third-order valence-electron chi connectivity index (χ3n) is 5.19. The highest BCUT2D eigenvalue weighted by molar-refractivity contribution is 5.98. The number of piperidine rings is 1. The molecule has 1 fully saturated rings. The van der Waals surface area contributed by atoms with Crippen molar-refractivity contribution < 1.29 is 23.5 Å². The van der Waals surface area contributed by atoms with Crippen molar-refractivity contribution in [2.75, 3.05) is 31.1 Å². The van der Waals surface area contributed by atoms with Gasteiger partial charge in [-0.25, -0.2) is 4.39 Å². The van der Waals surface area contributed by atoms with E-state index in [1.807, 2.05) is 17.0 Å². The molecule has 2 aromatic carbocycles. The maximum absolute atomic E-state index is 13.0. The molecule has 2 aliphatic rings. The largest absolute Gasteiger partial charge is 0.484 e. The van der Waals surface area contributed by atoms with Crippen LogP contribution in [-0.4, -0.2) is 49.1 Å². The van der Waals surface area contributed by atoms with Crippen molar-refractivity contribution in [1.82, 2.24) is 4.90 Å². The number of fused-ring (bicyclic) bond motifs is 1. The molecule has 0 aliphatic carbocycles. The molecule has 1 saturated heterocycles. The molecule has 2 heterocycles. The average Bonchev–Trinajstić information content (AvgIpc) is 2.78. The number of carbonyl (C=O) groups excluding carboxylic acids is 2. The molecule has 29 heavy (non-hydrogen) atoms. The Morgan fingerprint density at radius 1 is 1.03 bits per heavy atom. The van der Waals surface area contributed by atoms with Gasteiger partial charge in [0.2, 0.25) is 0 Å². The van der Waals surface area contributed by atoms with E-state index in [1.54, 1.807) is 12.1 Å². The van der Waals surface area contributed by atoms with E-state index in [0.717, 1.165) is 32.4 Å². The number of benzene rings is 2. The fraction of sp³-hybridized carbons (Fsp3) is 0.364. The predicted molar refractivity (Wildman–Crippen MR) is 106 cm³/mol. The number of rotatable bonds is 4. The lowest BCUT2D eigenvalue weighted by Gasteiger charge is -2.37. The Kier molecular flexibility index (Phi) is 5.64. The molecule has 7 heteroatoms. The molecule has 0 spiro atoms. The molecular weight excluding hydrogens is 375 g/mol. The molecule has 0 bridgehead atoms. The summed E-state index contributed by atoms with van der Waals surface area (Å²) in [6.45, 7) is 1.37. The highest BCUT2D eigenvalue weighted by atomic mass is 19.1. The summed E-state index contributed by atoms with van der Waals surface area (Å²) in [7, 11) is 0. The van der Waals surface area contributed by atoms with Gasteiger partial charge in [-0.05, 0) is 55.7 Å². The molecule has 6 nitrogen and oxygen atoms in total. The molecule has 1 atom stereocenters. The van der Waals surface area contributed by atoms with E-state index >= 15 is 0 Å². The van der Waals surface area contributed by atoms with E-state index in [1.165, 1.54) is 29.2 Å². The van der Waals surface area contributed by atoms with E-state index in [4.69, 9.17) is 9.47 Å². The molecular formula is C22H23FN2O4. The second-order valence-corrected chi connectivity index (χ2v) is 7.21. The van der Waals surface area contributed by atoms with E-state index < -0.39 is 6.10 Å². The number of para-hydroxylation sites is 2. The second-order valence-electron chi connectivity index (χ2n) is 7.21. The molecule has 0 saturated carbocycles. The summed E-state index contributed by atoms with van der Waals surface area (Å²) in [6.07, 6.45) is 2.37. The Balaban J connectivity index is 1.49. The van der Waals surface area contributed by atoms with Gasteiger partial charge < -0.3 is 19.3 Å². The monoisotopic (exact) mass is 398 g/mol. The highest BCUT2D eigenvalue weighted by Crippen LogP contribution is 2.34. The fourth-order valence-corrected chi connectivity index (χ4v) is 3.67. The summed E-state index contributed by atoms with van der Waals surface area (Å²) >= 11 is 0. The molecule has 0 radical (unpaired) electrons. The lowest BCUT2D eigenvalue weighted by atomic mass is 10.1. The van der Waals surface area contributed by atoms with Gasteiger partial charge in [0.15, 0.2) is 12.7 Å². The van der Waals surface area contributed by atoms with Gasteiger partial charge in [-0.2, -0.15) is 0 Å². The Morgan fingerprint density at radius 3 is 2.52 bits per heavy atom. The van der Waals surface area contributed by atoms with Crippen molar-refractivity contribution in [3.63, 3.8) is 0 Å². The average molecular weight is 398 g/mol. The van der Waals surface area contributed by atoms with Crippen LogP contribution in [-0.2, 0) is 9.59 Å². The first-order valence-electron chi connectivity index (χ1n) is 9.85. The van der Waals surface area contributed by atoms with Gasteiger partial charge in [-0.3, -0.25) is 9.59 Å². The standard InChI is InChI=1S/C22H23FN2O4/c23-16-8-10-17(11-9-16)28-15-21(26)25-14-20(22(27)24-12-4-1-5-13-24)29-19-7-3-2-6-18(19)25/h2-3,6-11,20H,1,4-5,12-15H2/t20-/m1/s1. The highest BCUT2D eigenvalue weighted by Gasteiger charge is 2.36. The maximum atomic E-state index is 13.0. The SMILES string of the molecule is O=C([C@H]1CN(C(=O)COc2ccc(F)cc2)c2ccccc2O1)N1CCCCC1. The molecule has 2 amide bonds. The Hall–Kier alpha value is -3.09. The number of likely N-dealkylation sites (tertiary alicyclic amines) is 1. The smallest absolute Gasteiger partial charge is 0.265 e. The number of carbonyl (C=O) groups is 2. The zero-order chi connectivity index (χ0) is 20.2. The molecule has 4 rings (SSSR count). The molecule has 0 N–H and O–H groups in total. The Morgan fingerprint density at radius 2 is 1.76 bits per heavy atom. The first-order chi connectivity index (χ1) is 14.1. The van der Waals surface area contributed by atoms with Crippen molar-refractivity contribution in [3.05, 3.63) is 54.3 Å². The van der Waals surface area contributed by atoms with Crippen LogP contribution in [0.4, 0.5) is 10.1 Å². The quantitative estimate of drug-likeness (QED) is 0.795. The summed E-state index contributed by atoms with van der Waals surface area (Å²) in [5, 5.41) is 0. The zero-order valence-electron chi connectivity index (χ0n) is 16.1. The van der Waals surface area contributed by atoms with Crippen LogP contribution in [0.15, 0.2) is 48.5 Å². The lowest BCUT2D eigenvalue weighted by molar-refractivity contribution is -0.139. The topological polar surface area (TPSA) is 59.1 Å². The van der Waals surface area contributed by atoms with Gasteiger partial charge in [0.1, 0.15) is 17.3 Å². The molecule has 2 aliphatic heterocycles. The van der Waals surface area contributed by atoms with Crippen LogP contribution >= 0.6 is 0 Å². The van der Waals surface area contributed by atoms with Crippen LogP contribution < -0.4 is 14.4 Å². The van der Waals surface area contributed by atoms with E-state index in [-0.39, 0.29) is 30.8 Å². The predicted octanol–water partition coefficient (Wildman–Crippen LogP) is 3.01. The summed E-state index contributed by atoms with van der Waals surface area (Å²) in [6, 6.07) is 12.7. The van der Waals surface area contributed by atoms with Crippen LogP contribution in [0.2, 0.25) is 0 Å². The zero-order valence-corrected chi connectivity index (χ0v) is 16.1. The van der Waals surface area contributed by atoms with E-state index in [9.17, 15) is 14.0 Å². The van der Waals surface area contributed by atoms with Gasteiger partial charge in [0.05, 0.1) is 12.2 Å². The number of ether oxygens (including phenoxy) is 2. The maximum Gasteiger partial charge on any atom is 0.265 e. The number of halogens is 1. The van der Waals surface area contributed by atoms with Crippen molar-refractivity contribution in [1.29, 1.82) is 0 Å². The number of anilines is 1. The summed E-state index contributed by atoms with van der Waals surface area (Å²) in [4.78, 5) is 29.2. The second kappa shape index (κ2) is 8.51. The lowest BCUT2D eigenvalue weighted by Crippen LogP contribution is -2.53. The van der Waals surface area contributed by atoms with Crippen molar-refractivity contribution in [2.24, 2.45) is 0 Å². The normalized spacial score (nSPS) is 18.6. The molecule has 152 valence electrons. The van der Waals surface area contributed by atoms with Crippen LogP contribution in [0.3, 0.4) is 0 Å². The third kappa shape index (κ3) is 4.34. The van der Waals surface area contributed by atoms with Crippen LogP contribution in [0.25, 0.3) is 0 Å². The van der Waals surface area contributed by atoms with Crippen LogP contribution in [0.5, 0.6) is 11.5 Å². The van der Waals surface area contributed by atoms with Crippen molar-refractivity contribution in [2.45, 2.75) is 25.4 Å². The minimum atomic E-state index is -0.738. The van der Waals surface area contributed by atoms with Gasteiger partial charge in [0.25, 0.3) is 11.8 Å². The Labute approximate surface area is 168 Å². The van der Waals surface area contributed by atoms with Crippen LogP contribution in [0.1, 0.15) is 19.3 Å². The van der Waals surface area contributed by atoms with Crippen LogP contribution in [0, 0.1) is 5.82 Å². The first-order valence-corrected chi connectivity index (χ1v) is 9.85. The number of hydrogen-bond acceptors (Lipinski definition) is 4. The van der Waals surface area contributed by atoms with Crippen molar-refractivity contribution >= 4 is 17.5 Å². The molecule has 2 aromatic rings. The number of amides is 2. The number of nitrogens with zero attached hydrogens (tertiary/aromatic N) is 2. The summed E-state index contributed by atoms with van der Waals surface area (Å²) in [5.41, 5.74) is 0.614. The van der Waals surface area contributed by atoms with Gasteiger partial charge in [0, 0.05) is 13.1 Å². The molecule has 0 unspecified atom stereocenters. The summed E-state index contributed by atoms with van der Waals surface area (Å²) < 4.78 is 24.5. The fourth-order valence-electron chi connectivity index (χ4n) is 3.67.